The normalized spacial score (nSPS) is 27.9. The van der Waals surface area contributed by atoms with Gasteiger partial charge < -0.3 is 10.1 Å². The van der Waals surface area contributed by atoms with Crippen LogP contribution in [0.25, 0.3) is 0 Å². The van der Waals surface area contributed by atoms with Gasteiger partial charge in [-0.15, -0.1) is 10.2 Å². The number of tetrazole rings is 1. The molecule has 0 aliphatic heterocycles. The summed E-state index contributed by atoms with van der Waals surface area (Å²) in [5, 5.41) is 17.5. The third kappa shape index (κ3) is 2.76. The van der Waals surface area contributed by atoms with Crippen molar-refractivity contribution in [3.05, 3.63) is 5.82 Å². The Bertz CT molecular complexity index is 294. The van der Waals surface area contributed by atoms with Crippen LogP contribution in [0.4, 0.5) is 0 Å². The lowest BCUT2D eigenvalue weighted by Gasteiger charge is -2.29. The quantitative estimate of drug-likeness (QED) is 0.793. The maximum atomic E-state index is 5.35. The van der Waals surface area contributed by atoms with E-state index in [1.165, 1.54) is 0 Å². The molecule has 0 aromatic carbocycles. The van der Waals surface area contributed by atoms with E-state index in [0.29, 0.717) is 12.1 Å². The lowest BCUT2D eigenvalue weighted by molar-refractivity contribution is 0.0612. The highest BCUT2D eigenvalue weighted by molar-refractivity contribution is 4.89. The van der Waals surface area contributed by atoms with Gasteiger partial charge in [-0.25, -0.2) is 0 Å². The molecule has 1 unspecified atom stereocenters. The largest absolute Gasteiger partial charge is 0.381 e. The average Bonchev–Trinajstić information content (AvgIpc) is 2.83. The van der Waals surface area contributed by atoms with Crippen molar-refractivity contribution in [3.8, 4) is 0 Å². The number of hydrogen-bond donors (Lipinski definition) is 2. The number of aromatic nitrogens is 4. The SMILES string of the molecule is COC1CCC(NC(C)c2nn[nH]n2)CC1. The standard InChI is InChI=1S/C10H19N5O/c1-7(10-12-14-15-13-10)11-8-3-5-9(16-2)6-4-8/h7-9,11H,3-6H2,1-2H3,(H,12,13,14,15). The van der Waals surface area contributed by atoms with Crippen molar-refractivity contribution in [2.24, 2.45) is 0 Å². The monoisotopic (exact) mass is 225 g/mol. The van der Waals surface area contributed by atoms with Gasteiger partial charge in [0.2, 0.25) is 0 Å². The van der Waals surface area contributed by atoms with Gasteiger partial charge >= 0.3 is 0 Å². The lowest BCUT2D eigenvalue weighted by Crippen LogP contribution is -2.36. The zero-order valence-corrected chi connectivity index (χ0v) is 9.81. The van der Waals surface area contributed by atoms with Crippen LogP contribution in [0.2, 0.25) is 0 Å². The van der Waals surface area contributed by atoms with Crippen LogP contribution < -0.4 is 5.32 Å². The van der Waals surface area contributed by atoms with Crippen molar-refractivity contribution in [2.75, 3.05) is 7.11 Å². The molecule has 16 heavy (non-hydrogen) atoms. The number of methoxy groups -OCH3 is 1. The number of aromatic amines is 1. The summed E-state index contributed by atoms with van der Waals surface area (Å²) in [5.74, 6) is 0.730. The molecule has 1 atom stereocenters. The van der Waals surface area contributed by atoms with Crippen molar-refractivity contribution in [2.45, 2.75) is 50.8 Å². The predicted molar refractivity (Wildman–Crippen MR) is 58.8 cm³/mol. The summed E-state index contributed by atoms with van der Waals surface area (Å²) in [6, 6.07) is 0.697. The predicted octanol–water partition coefficient (Wildman–Crippen LogP) is 0.808. The number of nitrogens with zero attached hydrogens (tertiary/aromatic N) is 3. The zero-order valence-electron chi connectivity index (χ0n) is 9.81. The number of hydrogen-bond acceptors (Lipinski definition) is 5. The van der Waals surface area contributed by atoms with Gasteiger partial charge in [0.15, 0.2) is 5.82 Å². The van der Waals surface area contributed by atoms with E-state index >= 15 is 0 Å². The highest BCUT2D eigenvalue weighted by Crippen LogP contribution is 2.22. The third-order valence-electron chi connectivity index (χ3n) is 3.24. The molecule has 1 aliphatic carbocycles. The Morgan fingerprint density at radius 2 is 2.12 bits per heavy atom. The van der Waals surface area contributed by atoms with Crippen molar-refractivity contribution in [1.82, 2.24) is 25.9 Å². The first-order valence-corrected chi connectivity index (χ1v) is 5.81. The van der Waals surface area contributed by atoms with Gasteiger partial charge in [-0.2, -0.15) is 5.21 Å². The van der Waals surface area contributed by atoms with E-state index in [0.717, 1.165) is 31.5 Å². The Kier molecular flexibility index (Phi) is 3.84. The fraction of sp³-hybridized carbons (Fsp3) is 0.900. The van der Waals surface area contributed by atoms with Crippen LogP contribution in [0.15, 0.2) is 0 Å². The van der Waals surface area contributed by atoms with Gasteiger partial charge in [0, 0.05) is 13.2 Å². The lowest BCUT2D eigenvalue weighted by atomic mass is 9.92. The first-order valence-electron chi connectivity index (χ1n) is 5.81. The van der Waals surface area contributed by atoms with E-state index < -0.39 is 0 Å². The average molecular weight is 225 g/mol. The van der Waals surface area contributed by atoms with Crippen LogP contribution in [0, 0.1) is 0 Å². The van der Waals surface area contributed by atoms with E-state index in [-0.39, 0.29) is 6.04 Å². The highest BCUT2D eigenvalue weighted by Gasteiger charge is 2.23. The Hall–Kier alpha value is -1.01. The van der Waals surface area contributed by atoms with E-state index in [9.17, 15) is 0 Å². The molecule has 0 saturated heterocycles. The van der Waals surface area contributed by atoms with Gasteiger partial charge in [0.05, 0.1) is 12.1 Å². The first-order chi connectivity index (χ1) is 7.79. The highest BCUT2D eigenvalue weighted by atomic mass is 16.5. The molecule has 0 radical (unpaired) electrons. The van der Waals surface area contributed by atoms with Crippen LogP contribution in [-0.2, 0) is 4.74 Å². The minimum absolute atomic E-state index is 0.155. The van der Waals surface area contributed by atoms with Gasteiger partial charge in [-0.1, -0.05) is 5.21 Å². The molecule has 0 spiro atoms. The molecular weight excluding hydrogens is 206 g/mol. The maximum absolute atomic E-state index is 5.35. The van der Waals surface area contributed by atoms with Gasteiger partial charge in [0.1, 0.15) is 0 Å². The number of nitrogens with one attached hydrogen (secondary N) is 2. The van der Waals surface area contributed by atoms with Crippen molar-refractivity contribution in [1.29, 1.82) is 0 Å². The molecule has 1 saturated carbocycles. The summed E-state index contributed by atoms with van der Waals surface area (Å²) >= 11 is 0. The van der Waals surface area contributed by atoms with Crippen molar-refractivity contribution >= 4 is 0 Å². The molecular formula is C10H19N5O. The number of H-pyrrole nitrogens is 1. The summed E-state index contributed by atoms with van der Waals surface area (Å²) in [6.07, 6.45) is 5.01. The molecule has 0 bridgehead atoms. The van der Waals surface area contributed by atoms with Crippen LogP contribution in [0.1, 0.15) is 44.5 Å². The van der Waals surface area contributed by atoms with Gasteiger partial charge in [-0.05, 0) is 32.6 Å². The molecule has 90 valence electrons. The summed E-state index contributed by atoms with van der Waals surface area (Å²) in [4.78, 5) is 0. The zero-order chi connectivity index (χ0) is 11.4. The van der Waals surface area contributed by atoms with Crippen molar-refractivity contribution in [3.63, 3.8) is 0 Å². The second-order valence-electron chi connectivity index (χ2n) is 4.37. The van der Waals surface area contributed by atoms with E-state index in [2.05, 4.69) is 32.9 Å². The molecule has 1 aromatic rings. The van der Waals surface area contributed by atoms with Crippen LogP contribution in [-0.4, -0.2) is 39.9 Å². The van der Waals surface area contributed by atoms with E-state index in [4.69, 9.17) is 4.74 Å². The van der Waals surface area contributed by atoms with Crippen LogP contribution in [0.3, 0.4) is 0 Å². The fourth-order valence-electron chi connectivity index (χ4n) is 2.25. The fourth-order valence-corrected chi connectivity index (χ4v) is 2.25. The molecule has 2 N–H and O–H groups in total. The van der Waals surface area contributed by atoms with E-state index in [1.807, 2.05) is 0 Å². The summed E-state index contributed by atoms with van der Waals surface area (Å²) in [6.45, 7) is 2.06. The summed E-state index contributed by atoms with van der Waals surface area (Å²) < 4.78 is 5.35. The molecule has 1 aliphatic rings. The van der Waals surface area contributed by atoms with Crippen molar-refractivity contribution < 1.29 is 4.74 Å². The topological polar surface area (TPSA) is 75.7 Å². The van der Waals surface area contributed by atoms with Gasteiger partial charge in [0.25, 0.3) is 0 Å². The minimum atomic E-state index is 0.155. The number of ether oxygens (including phenoxy) is 1. The Balaban J connectivity index is 1.78. The smallest absolute Gasteiger partial charge is 0.191 e. The first kappa shape index (κ1) is 11.5. The molecule has 1 aromatic heterocycles. The second kappa shape index (κ2) is 5.36. The molecule has 6 heteroatoms. The molecule has 0 amide bonds. The third-order valence-corrected chi connectivity index (χ3v) is 3.24. The Labute approximate surface area is 95.1 Å². The molecule has 1 fully saturated rings. The Morgan fingerprint density at radius 1 is 1.38 bits per heavy atom. The van der Waals surface area contributed by atoms with Crippen LogP contribution in [0.5, 0.6) is 0 Å². The van der Waals surface area contributed by atoms with Crippen LogP contribution >= 0.6 is 0 Å². The maximum Gasteiger partial charge on any atom is 0.191 e. The van der Waals surface area contributed by atoms with Gasteiger partial charge in [-0.3, -0.25) is 0 Å². The minimum Gasteiger partial charge on any atom is -0.381 e. The second-order valence-corrected chi connectivity index (χ2v) is 4.37. The van der Waals surface area contributed by atoms with E-state index in [1.54, 1.807) is 7.11 Å². The number of rotatable bonds is 4. The summed E-state index contributed by atoms with van der Waals surface area (Å²) in [5.41, 5.74) is 0. The molecule has 2 rings (SSSR count). The molecule has 1 heterocycles. The Morgan fingerprint density at radius 3 is 2.69 bits per heavy atom. The summed E-state index contributed by atoms with van der Waals surface area (Å²) in [7, 11) is 1.79. The molecule has 6 nitrogen and oxygen atoms in total.